The summed E-state index contributed by atoms with van der Waals surface area (Å²) < 4.78 is 12.4. The zero-order chi connectivity index (χ0) is 17.6. The Morgan fingerprint density at radius 2 is 1.84 bits per heavy atom. The molecule has 2 aliphatic rings. The van der Waals surface area contributed by atoms with Crippen LogP contribution in [-0.2, 0) is 0 Å². The third-order valence-corrected chi connectivity index (χ3v) is 4.38. The SMILES string of the molecule is COc1ccc2cc3c(=O)n(-c4ccc(C(C)C)cc4)nc-3oc2c1. The highest BCUT2D eigenvalue weighted by Gasteiger charge is 2.19. The van der Waals surface area contributed by atoms with Gasteiger partial charge in [0.1, 0.15) is 16.9 Å². The molecule has 126 valence electrons. The summed E-state index contributed by atoms with van der Waals surface area (Å²) in [6.07, 6.45) is 0. The van der Waals surface area contributed by atoms with E-state index in [2.05, 4.69) is 18.9 Å². The van der Waals surface area contributed by atoms with Crippen molar-refractivity contribution in [1.29, 1.82) is 0 Å². The first-order valence-corrected chi connectivity index (χ1v) is 8.18. The van der Waals surface area contributed by atoms with Gasteiger partial charge in [-0.1, -0.05) is 26.0 Å². The summed E-state index contributed by atoms with van der Waals surface area (Å²) >= 11 is 0. The lowest BCUT2D eigenvalue weighted by Crippen LogP contribution is -2.14. The van der Waals surface area contributed by atoms with Gasteiger partial charge in [0.25, 0.3) is 5.56 Å². The van der Waals surface area contributed by atoms with Gasteiger partial charge in [-0.05, 0) is 41.8 Å². The van der Waals surface area contributed by atoms with Crippen molar-refractivity contribution in [2.75, 3.05) is 7.11 Å². The number of aromatic nitrogens is 2. The Morgan fingerprint density at radius 3 is 2.52 bits per heavy atom. The van der Waals surface area contributed by atoms with Crippen LogP contribution in [0.15, 0.2) is 57.7 Å². The number of benzene rings is 2. The van der Waals surface area contributed by atoms with E-state index < -0.39 is 0 Å². The predicted molar refractivity (Wildman–Crippen MR) is 96.9 cm³/mol. The molecular weight excluding hydrogens is 316 g/mol. The van der Waals surface area contributed by atoms with Crippen LogP contribution in [-0.4, -0.2) is 16.9 Å². The van der Waals surface area contributed by atoms with Crippen molar-refractivity contribution < 1.29 is 9.15 Å². The van der Waals surface area contributed by atoms with E-state index >= 15 is 0 Å². The van der Waals surface area contributed by atoms with E-state index in [4.69, 9.17) is 9.15 Å². The van der Waals surface area contributed by atoms with E-state index in [1.807, 2.05) is 42.5 Å². The van der Waals surface area contributed by atoms with E-state index in [0.29, 0.717) is 28.7 Å². The highest BCUT2D eigenvalue weighted by atomic mass is 16.5. The standard InChI is InChI=1S/C20H18N2O3/c1-12(2)13-4-7-15(8-5-13)22-20(23)17-10-14-6-9-16(24-3)11-18(14)25-19(17)21-22/h4-12H,1-3H3. The zero-order valence-electron chi connectivity index (χ0n) is 14.3. The van der Waals surface area contributed by atoms with Crippen molar-refractivity contribution >= 4 is 11.0 Å². The van der Waals surface area contributed by atoms with E-state index in [1.165, 1.54) is 10.2 Å². The minimum atomic E-state index is -0.186. The molecule has 0 N–H and O–H groups in total. The topological polar surface area (TPSA) is 57.3 Å². The molecule has 0 aliphatic carbocycles. The first-order valence-electron chi connectivity index (χ1n) is 8.18. The summed E-state index contributed by atoms with van der Waals surface area (Å²) in [6, 6.07) is 15.2. The number of methoxy groups -OCH3 is 1. The van der Waals surface area contributed by atoms with Crippen molar-refractivity contribution in [3.63, 3.8) is 0 Å². The second-order valence-electron chi connectivity index (χ2n) is 6.33. The number of rotatable bonds is 3. The van der Waals surface area contributed by atoms with Gasteiger partial charge in [0.05, 0.1) is 12.8 Å². The number of nitrogens with zero attached hydrogens (tertiary/aromatic N) is 2. The average Bonchev–Trinajstić information content (AvgIpc) is 2.95. The maximum Gasteiger partial charge on any atom is 0.284 e. The largest absolute Gasteiger partial charge is 0.497 e. The maximum absolute atomic E-state index is 12.7. The Morgan fingerprint density at radius 1 is 1.08 bits per heavy atom. The second kappa shape index (κ2) is 5.77. The minimum Gasteiger partial charge on any atom is -0.497 e. The summed E-state index contributed by atoms with van der Waals surface area (Å²) in [6.45, 7) is 4.27. The lowest BCUT2D eigenvalue weighted by atomic mass is 10.0. The highest BCUT2D eigenvalue weighted by Crippen LogP contribution is 2.28. The van der Waals surface area contributed by atoms with Crippen molar-refractivity contribution in [3.05, 3.63) is 64.4 Å². The maximum atomic E-state index is 12.7. The van der Waals surface area contributed by atoms with E-state index in [0.717, 1.165) is 11.1 Å². The van der Waals surface area contributed by atoms with Crippen molar-refractivity contribution in [3.8, 4) is 22.9 Å². The minimum absolute atomic E-state index is 0.186. The molecule has 2 heterocycles. The molecule has 0 bridgehead atoms. The Bertz CT molecular complexity index is 1070. The smallest absolute Gasteiger partial charge is 0.284 e. The molecule has 0 saturated carbocycles. The second-order valence-corrected chi connectivity index (χ2v) is 6.33. The van der Waals surface area contributed by atoms with Gasteiger partial charge in [-0.25, -0.2) is 0 Å². The zero-order valence-corrected chi connectivity index (χ0v) is 14.3. The molecule has 2 aliphatic heterocycles. The van der Waals surface area contributed by atoms with Gasteiger partial charge >= 0.3 is 0 Å². The quantitative estimate of drug-likeness (QED) is 0.563. The molecule has 0 amide bonds. The summed E-state index contributed by atoms with van der Waals surface area (Å²) in [5, 5.41) is 5.19. The normalized spacial score (nSPS) is 11.5. The van der Waals surface area contributed by atoms with Gasteiger partial charge in [0, 0.05) is 11.5 Å². The molecular formula is C20H18N2O3. The van der Waals surface area contributed by atoms with Crippen molar-refractivity contribution in [2.45, 2.75) is 19.8 Å². The highest BCUT2D eigenvalue weighted by molar-refractivity contribution is 5.83. The molecule has 4 rings (SSSR count). The van der Waals surface area contributed by atoms with Gasteiger partial charge in [-0.15, -0.1) is 5.10 Å². The monoisotopic (exact) mass is 334 g/mol. The Kier molecular flexibility index (Phi) is 3.57. The van der Waals surface area contributed by atoms with Gasteiger partial charge in [-0.2, -0.15) is 4.68 Å². The van der Waals surface area contributed by atoms with Gasteiger partial charge in [-0.3, -0.25) is 4.79 Å². The molecule has 5 heteroatoms. The molecule has 2 aromatic carbocycles. The fourth-order valence-corrected chi connectivity index (χ4v) is 2.88. The molecule has 0 atom stereocenters. The van der Waals surface area contributed by atoms with Crippen LogP contribution >= 0.6 is 0 Å². The molecule has 0 aromatic heterocycles. The summed E-state index contributed by atoms with van der Waals surface area (Å²) in [5.74, 6) is 1.45. The molecule has 2 aromatic rings. The van der Waals surface area contributed by atoms with Crippen LogP contribution in [0.2, 0.25) is 0 Å². The van der Waals surface area contributed by atoms with E-state index in [-0.39, 0.29) is 5.56 Å². The fourth-order valence-electron chi connectivity index (χ4n) is 2.88. The van der Waals surface area contributed by atoms with Crippen LogP contribution in [0.4, 0.5) is 0 Å². The number of ether oxygens (including phenoxy) is 1. The number of hydrogen-bond acceptors (Lipinski definition) is 4. The summed E-state index contributed by atoms with van der Waals surface area (Å²) in [7, 11) is 1.60. The van der Waals surface area contributed by atoms with Crippen molar-refractivity contribution in [2.24, 2.45) is 0 Å². The first kappa shape index (κ1) is 15.4. The molecule has 0 radical (unpaired) electrons. The number of hydrogen-bond donors (Lipinski definition) is 0. The Balaban J connectivity index is 1.88. The molecule has 5 nitrogen and oxygen atoms in total. The molecule has 0 spiro atoms. The van der Waals surface area contributed by atoms with Crippen LogP contribution in [0, 0.1) is 0 Å². The molecule has 25 heavy (non-hydrogen) atoms. The lowest BCUT2D eigenvalue weighted by Gasteiger charge is -2.05. The molecule has 0 fully saturated rings. The Hall–Kier alpha value is -3.08. The lowest BCUT2D eigenvalue weighted by molar-refractivity contribution is 0.414. The van der Waals surface area contributed by atoms with Crippen LogP contribution in [0.3, 0.4) is 0 Å². The fraction of sp³-hybridized carbons (Fsp3) is 0.200. The first-order chi connectivity index (χ1) is 12.1. The van der Waals surface area contributed by atoms with Gasteiger partial charge in [0.2, 0.25) is 5.89 Å². The van der Waals surface area contributed by atoms with Crippen LogP contribution < -0.4 is 10.3 Å². The van der Waals surface area contributed by atoms with Crippen molar-refractivity contribution in [1.82, 2.24) is 9.78 Å². The molecule has 0 saturated heterocycles. The van der Waals surface area contributed by atoms with Gasteiger partial charge in [0.15, 0.2) is 0 Å². The average molecular weight is 334 g/mol. The summed E-state index contributed by atoms with van der Waals surface area (Å²) in [4.78, 5) is 12.7. The van der Waals surface area contributed by atoms with Crippen LogP contribution in [0.1, 0.15) is 25.3 Å². The van der Waals surface area contributed by atoms with E-state index in [9.17, 15) is 4.79 Å². The Labute approximate surface area is 144 Å². The summed E-state index contributed by atoms with van der Waals surface area (Å²) in [5.41, 5.74) is 2.85. The molecule has 0 unspecified atom stereocenters. The van der Waals surface area contributed by atoms with Crippen LogP contribution in [0.25, 0.3) is 28.1 Å². The number of fused-ring (bicyclic) bond motifs is 2. The van der Waals surface area contributed by atoms with Crippen LogP contribution in [0.5, 0.6) is 5.75 Å². The van der Waals surface area contributed by atoms with Gasteiger partial charge < -0.3 is 9.15 Å². The third kappa shape index (κ3) is 2.58. The van der Waals surface area contributed by atoms with E-state index in [1.54, 1.807) is 13.2 Å². The predicted octanol–water partition coefficient (Wildman–Crippen LogP) is 4.22. The third-order valence-electron chi connectivity index (χ3n) is 4.38.